The summed E-state index contributed by atoms with van der Waals surface area (Å²) in [5, 5.41) is 9.72. The minimum atomic E-state index is -0.954. The normalized spacial score (nSPS) is 18.7. The molecule has 1 saturated heterocycles. The van der Waals surface area contributed by atoms with Crippen molar-refractivity contribution in [2.24, 2.45) is 7.05 Å². The molecule has 0 aliphatic carbocycles. The van der Waals surface area contributed by atoms with Crippen LogP contribution in [0.2, 0.25) is 0 Å². The molecule has 0 saturated carbocycles. The van der Waals surface area contributed by atoms with Crippen molar-refractivity contribution in [3.63, 3.8) is 0 Å². The highest BCUT2D eigenvalue weighted by Crippen LogP contribution is 2.28. The van der Waals surface area contributed by atoms with E-state index in [1.54, 1.807) is 0 Å². The number of nitrogens with one attached hydrogen (secondary N) is 2. The first kappa shape index (κ1) is 21.0. The van der Waals surface area contributed by atoms with E-state index < -0.39 is 35.2 Å². The van der Waals surface area contributed by atoms with Gasteiger partial charge >= 0.3 is 0 Å². The van der Waals surface area contributed by atoms with Gasteiger partial charge in [0.05, 0.1) is 11.8 Å². The Kier molecular flexibility index (Phi) is 5.77. The largest absolute Gasteiger partial charge is 0.347 e. The highest BCUT2D eigenvalue weighted by atomic mass is 19.2. The number of nitrogens with zero attached hydrogens (tertiary/aromatic N) is 2. The molecule has 162 valence electrons. The summed E-state index contributed by atoms with van der Waals surface area (Å²) >= 11 is 0. The van der Waals surface area contributed by atoms with Crippen LogP contribution in [0.3, 0.4) is 0 Å². The Morgan fingerprint density at radius 3 is 2.55 bits per heavy atom. The van der Waals surface area contributed by atoms with Crippen molar-refractivity contribution in [2.45, 2.75) is 18.4 Å². The van der Waals surface area contributed by atoms with Crippen LogP contribution < -0.4 is 10.6 Å². The quantitative estimate of drug-likeness (QED) is 0.621. The van der Waals surface area contributed by atoms with Crippen LogP contribution in [-0.2, 0) is 7.05 Å². The average molecular weight is 432 g/mol. The number of benzene rings is 2. The van der Waals surface area contributed by atoms with Crippen molar-refractivity contribution in [1.82, 2.24) is 20.4 Å². The summed E-state index contributed by atoms with van der Waals surface area (Å²) in [6.45, 7) is 1.05. The van der Waals surface area contributed by atoms with Gasteiger partial charge in [-0.1, -0.05) is 12.1 Å². The summed E-state index contributed by atoms with van der Waals surface area (Å²) in [5.74, 6) is -4.19. The number of hydrogen-bond acceptors (Lipinski definition) is 3. The molecule has 0 spiro atoms. The summed E-state index contributed by atoms with van der Waals surface area (Å²) in [6.07, 6.45) is 1.62. The van der Waals surface area contributed by atoms with E-state index in [4.69, 9.17) is 0 Å². The number of halogens is 4. The van der Waals surface area contributed by atoms with E-state index >= 15 is 0 Å². The standard InChI is InChI=1S/C22H20F4N4O/c1-30-21(19(26)10-28-30)13-2-4-15(17(24)9-13)22(31)29-20-11-27-7-6-14(20)12-3-5-16(23)18(25)8-12/h2-5,8-10,14,20,27H,6-7,11H2,1H3,(H,29,31)/t14-,20+/m0/s1. The molecule has 2 N–H and O–H groups in total. The molecule has 1 aromatic heterocycles. The van der Waals surface area contributed by atoms with Gasteiger partial charge in [0.2, 0.25) is 0 Å². The second kappa shape index (κ2) is 8.50. The van der Waals surface area contributed by atoms with Crippen molar-refractivity contribution < 1.29 is 22.4 Å². The lowest BCUT2D eigenvalue weighted by Gasteiger charge is -2.33. The number of carbonyl (C=O) groups is 1. The number of amides is 1. The molecule has 1 aliphatic rings. The van der Waals surface area contributed by atoms with Gasteiger partial charge in [-0.3, -0.25) is 9.48 Å². The Morgan fingerprint density at radius 2 is 1.87 bits per heavy atom. The maximum atomic E-state index is 14.7. The predicted molar refractivity (Wildman–Crippen MR) is 106 cm³/mol. The molecular weight excluding hydrogens is 412 g/mol. The molecule has 2 heterocycles. The van der Waals surface area contributed by atoms with Crippen LogP contribution in [0.1, 0.15) is 28.3 Å². The lowest BCUT2D eigenvalue weighted by Crippen LogP contribution is -2.50. The van der Waals surface area contributed by atoms with Crippen LogP contribution in [0.5, 0.6) is 0 Å². The van der Waals surface area contributed by atoms with Crippen LogP contribution in [0.4, 0.5) is 17.6 Å². The molecule has 2 aromatic carbocycles. The fourth-order valence-corrected chi connectivity index (χ4v) is 3.98. The molecule has 0 unspecified atom stereocenters. The number of rotatable bonds is 4. The Balaban J connectivity index is 1.55. The lowest BCUT2D eigenvalue weighted by molar-refractivity contribution is 0.0920. The van der Waals surface area contributed by atoms with E-state index in [1.807, 2.05) is 0 Å². The van der Waals surface area contributed by atoms with E-state index in [2.05, 4.69) is 15.7 Å². The van der Waals surface area contributed by atoms with Crippen LogP contribution in [0.15, 0.2) is 42.6 Å². The van der Waals surface area contributed by atoms with Crippen molar-refractivity contribution in [3.05, 3.63) is 77.0 Å². The second-order valence-electron chi connectivity index (χ2n) is 7.51. The molecule has 0 bridgehead atoms. The van der Waals surface area contributed by atoms with E-state index in [1.165, 1.54) is 29.9 Å². The van der Waals surface area contributed by atoms with Crippen LogP contribution in [0, 0.1) is 23.3 Å². The molecule has 5 nitrogen and oxygen atoms in total. The third-order valence-electron chi connectivity index (χ3n) is 5.55. The minimum absolute atomic E-state index is 0.112. The van der Waals surface area contributed by atoms with E-state index in [0.717, 1.165) is 24.4 Å². The number of piperidine rings is 1. The molecule has 3 aromatic rings. The molecule has 31 heavy (non-hydrogen) atoms. The third-order valence-corrected chi connectivity index (χ3v) is 5.55. The molecule has 4 rings (SSSR count). The van der Waals surface area contributed by atoms with E-state index in [-0.39, 0.29) is 22.7 Å². The monoisotopic (exact) mass is 432 g/mol. The maximum Gasteiger partial charge on any atom is 0.254 e. The number of aromatic nitrogens is 2. The Hall–Kier alpha value is -3.20. The molecule has 2 atom stereocenters. The molecule has 1 aliphatic heterocycles. The Labute approximate surface area is 176 Å². The molecule has 0 radical (unpaired) electrons. The van der Waals surface area contributed by atoms with Gasteiger partial charge in [-0.25, -0.2) is 17.6 Å². The van der Waals surface area contributed by atoms with Gasteiger partial charge < -0.3 is 10.6 Å². The first-order valence-electron chi connectivity index (χ1n) is 9.79. The van der Waals surface area contributed by atoms with Gasteiger partial charge in [-0.05, 0) is 42.8 Å². The van der Waals surface area contributed by atoms with Gasteiger partial charge in [-0.15, -0.1) is 0 Å². The summed E-state index contributed by atoms with van der Waals surface area (Å²) in [6, 6.07) is 7.05. The van der Waals surface area contributed by atoms with E-state index in [9.17, 15) is 22.4 Å². The number of aryl methyl sites for hydroxylation is 1. The fraction of sp³-hybridized carbons (Fsp3) is 0.273. The summed E-state index contributed by atoms with van der Waals surface area (Å²) in [7, 11) is 1.53. The SMILES string of the molecule is Cn1ncc(F)c1-c1ccc(C(=O)N[C@@H]2CNCC[C@H]2c2ccc(F)c(F)c2)c(F)c1. The molecule has 9 heteroatoms. The van der Waals surface area contributed by atoms with Gasteiger partial charge in [-0.2, -0.15) is 5.10 Å². The Morgan fingerprint density at radius 1 is 1.06 bits per heavy atom. The van der Waals surface area contributed by atoms with Crippen LogP contribution >= 0.6 is 0 Å². The summed E-state index contributed by atoms with van der Waals surface area (Å²) < 4.78 is 56.9. The summed E-state index contributed by atoms with van der Waals surface area (Å²) in [4.78, 5) is 12.8. The van der Waals surface area contributed by atoms with Gasteiger partial charge in [0, 0.05) is 31.1 Å². The second-order valence-corrected chi connectivity index (χ2v) is 7.51. The average Bonchev–Trinajstić information content (AvgIpc) is 3.08. The molecule has 1 fully saturated rings. The van der Waals surface area contributed by atoms with Crippen molar-refractivity contribution >= 4 is 5.91 Å². The van der Waals surface area contributed by atoms with Crippen molar-refractivity contribution in [2.75, 3.05) is 13.1 Å². The van der Waals surface area contributed by atoms with Crippen LogP contribution in [0.25, 0.3) is 11.3 Å². The zero-order chi connectivity index (χ0) is 22.1. The highest BCUT2D eigenvalue weighted by molar-refractivity contribution is 5.95. The predicted octanol–water partition coefficient (Wildman–Crippen LogP) is 3.52. The zero-order valence-electron chi connectivity index (χ0n) is 16.6. The van der Waals surface area contributed by atoms with Crippen molar-refractivity contribution in [1.29, 1.82) is 0 Å². The Bertz CT molecular complexity index is 1110. The lowest BCUT2D eigenvalue weighted by atomic mass is 9.85. The zero-order valence-corrected chi connectivity index (χ0v) is 16.6. The summed E-state index contributed by atoms with van der Waals surface area (Å²) in [5.41, 5.74) is 0.737. The molecule has 1 amide bonds. The first-order valence-corrected chi connectivity index (χ1v) is 9.79. The van der Waals surface area contributed by atoms with E-state index in [0.29, 0.717) is 25.1 Å². The fourth-order valence-electron chi connectivity index (χ4n) is 3.98. The first-order chi connectivity index (χ1) is 14.8. The van der Waals surface area contributed by atoms with Crippen LogP contribution in [-0.4, -0.2) is 34.8 Å². The highest BCUT2D eigenvalue weighted by Gasteiger charge is 2.29. The minimum Gasteiger partial charge on any atom is -0.347 e. The number of hydrogen-bond donors (Lipinski definition) is 2. The third kappa shape index (κ3) is 4.18. The molecular formula is C22H20F4N4O. The topological polar surface area (TPSA) is 59.0 Å². The smallest absolute Gasteiger partial charge is 0.254 e. The van der Waals surface area contributed by atoms with Gasteiger partial charge in [0.1, 0.15) is 11.5 Å². The number of carbonyl (C=O) groups excluding carboxylic acids is 1. The maximum absolute atomic E-state index is 14.7. The van der Waals surface area contributed by atoms with Gasteiger partial charge in [0.15, 0.2) is 17.5 Å². The van der Waals surface area contributed by atoms with Crippen molar-refractivity contribution in [3.8, 4) is 11.3 Å². The van der Waals surface area contributed by atoms with Gasteiger partial charge in [0.25, 0.3) is 5.91 Å².